The van der Waals surface area contributed by atoms with E-state index in [0.29, 0.717) is 0 Å². The topological polar surface area (TPSA) is 26.3 Å². The molecule has 68 valence electrons. The molecule has 0 bridgehead atoms. The van der Waals surface area contributed by atoms with E-state index in [2.05, 4.69) is 6.58 Å². The van der Waals surface area contributed by atoms with Crippen molar-refractivity contribution in [3.63, 3.8) is 0 Å². The van der Waals surface area contributed by atoms with Crippen LogP contribution in [0, 0.1) is 0 Å². The predicted octanol–water partition coefficient (Wildman–Crippen LogP) is 2.09. The fraction of sp³-hybridized carbons (Fsp3) is 0.700. The lowest BCUT2D eigenvalue weighted by molar-refractivity contribution is -0.126. The lowest BCUT2D eigenvalue weighted by atomic mass is 9.94. The van der Waals surface area contributed by atoms with Crippen molar-refractivity contribution in [2.75, 3.05) is 6.61 Å². The molecule has 2 heteroatoms. The molecule has 1 aliphatic heterocycles. The molecule has 0 spiro atoms. The van der Waals surface area contributed by atoms with Crippen LogP contribution in [0.3, 0.4) is 0 Å². The van der Waals surface area contributed by atoms with E-state index in [9.17, 15) is 4.79 Å². The SMILES string of the molecule is C=C(C)CCC1(C=O)CCCO1. The second kappa shape index (κ2) is 3.85. The fourth-order valence-electron chi connectivity index (χ4n) is 1.49. The Hall–Kier alpha value is -0.630. The molecule has 0 aliphatic carbocycles. The Morgan fingerprint density at radius 2 is 2.50 bits per heavy atom. The van der Waals surface area contributed by atoms with Crippen molar-refractivity contribution < 1.29 is 9.53 Å². The van der Waals surface area contributed by atoms with Crippen LogP contribution in [-0.2, 0) is 9.53 Å². The third-order valence-electron chi connectivity index (χ3n) is 2.32. The standard InChI is InChI=1S/C10H16O2/c1-9(2)4-6-10(8-11)5-3-7-12-10/h8H,1,3-7H2,2H3. The molecule has 1 fully saturated rings. The number of ether oxygens (including phenoxy) is 1. The molecule has 0 aromatic rings. The zero-order valence-corrected chi connectivity index (χ0v) is 7.64. The number of rotatable bonds is 4. The largest absolute Gasteiger partial charge is 0.368 e. The summed E-state index contributed by atoms with van der Waals surface area (Å²) in [5.74, 6) is 0. The molecule has 1 unspecified atom stereocenters. The number of allylic oxidation sites excluding steroid dienone is 1. The Labute approximate surface area is 73.6 Å². The second-order valence-corrected chi connectivity index (χ2v) is 3.59. The van der Waals surface area contributed by atoms with Gasteiger partial charge in [-0.2, -0.15) is 0 Å². The molecule has 0 amide bonds. The summed E-state index contributed by atoms with van der Waals surface area (Å²) >= 11 is 0. The minimum atomic E-state index is -0.473. The van der Waals surface area contributed by atoms with E-state index in [0.717, 1.165) is 44.1 Å². The number of hydrogen-bond donors (Lipinski definition) is 0. The molecular formula is C10H16O2. The number of carbonyl (C=O) groups is 1. The predicted molar refractivity (Wildman–Crippen MR) is 48.0 cm³/mol. The van der Waals surface area contributed by atoms with Crippen LogP contribution in [0.25, 0.3) is 0 Å². The first-order valence-corrected chi connectivity index (χ1v) is 4.43. The monoisotopic (exact) mass is 168 g/mol. The van der Waals surface area contributed by atoms with E-state index < -0.39 is 5.60 Å². The molecule has 0 aromatic carbocycles. The quantitative estimate of drug-likeness (QED) is 0.474. The number of carbonyl (C=O) groups excluding carboxylic acids is 1. The molecule has 1 atom stereocenters. The highest BCUT2D eigenvalue weighted by Crippen LogP contribution is 2.29. The lowest BCUT2D eigenvalue weighted by Crippen LogP contribution is -2.29. The molecule has 1 saturated heterocycles. The van der Waals surface area contributed by atoms with Gasteiger partial charge in [-0.05, 0) is 32.6 Å². The van der Waals surface area contributed by atoms with Gasteiger partial charge in [0, 0.05) is 6.61 Å². The van der Waals surface area contributed by atoms with Crippen LogP contribution in [0.5, 0.6) is 0 Å². The summed E-state index contributed by atoms with van der Waals surface area (Å²) in [6, 6.07) is 0. The van der Waals surface area contributed by atoms with Crippen LogP contribution in [0.4, 0.5) is 0 Å². The molecule has 1 rings (SSSR count). The number of aldehydes is 1. The van der Waals surface area contributed by atoms with Gasteiger partial charge < -0.3 is 9.53 Å². The molecule has 1 aliphatic rings. The summed E-state index contributed by atoms with van der Waals surface area (Å²) in [6.45, 7) is 6.52. The smallest absolute Gasteiger partial charge is 0.151 e. The average Bonchev–Trinajstić information content (AvgIpc) is 2.50. The van der Waals surface area contributed by atoms with Gasteiger partial charge in [-0.15, -0.1) is 6.58 Å². The third-order valence-corrected chi connectivity index (χ3v) is 2.32. The first kappa shape index (κ1) is 9.46. The van der Waals surface area contributed by atoms with Crippen molar-refractivity contribution >= 4 is 6.29 Å². The minimum absolute atomic E-state index is 0.473. The van der Waals surface area contributed by atoms with Gasteiger partial charge in [-0.3, -0.25) is 0 Å². The highest BCUT2D eigenvalue weighted by Gasteiger charge is 2.33. The van der Waals surface area contributed by atoms with E-state index in [-0.39, 0.29) is 0 Å². The van der Waals surface area contributed by atoms with Gasteiger partial charge >= 0.3 is 0 Å². The first-order chi connectivity index (χ1) is 5.68. The second-order valence-electron chi connectivity index (χ2n) is 3.59. The average molecular weight is 168 g/mol. The summed E-state index contributed by atoms with van der Waals surface area (Å²) in [5.41, 5.74) is 0.644. The van der Waals surface area contributed by atoms with Gasteiger partial charge in [-0.25, -0.2) is 0 Å². The molecule has 0 N–H and O–H groups in total. The molecule has 0 radical (unpaired) electrons. The van der Waals surface area contributed by atoms with Crippen LogP contribution in [-0.4, -0.2) is 18.5 Å². The van der Waals surface area contributed by atoms with Crippen molar-refractivity contribution in [1.29, 1.82) is 0 Å². The highest BCUT2D eigenvalue weighted by molar-refractivity contribution is 5.63. The Morgan fingerprint density at radius 1 is 1.75 bits per heavy atom. The zero-order chi connectivity index (χ0) is 9.03. The van der Waals surface area contributed by atoms with Gasteiger partial charge in [-0.1, -0.05) is 5.57 Å². The van der Waals surface area contributed by atoms with Crippen LogP contribution < -0.4 is 0 Å². The summed E-state index contributed by atoms with van der Waals surface area (Å²) in [6.07, 6.45) is 4.53. The van der Waals surface area contributed by atoms with E-state index >= 15 is 0 Å². The maximum absolute atomic E-state index is 10.8. The molecule has 0 aromatic heterocycles. The van der Waals surface area contributed by atoms with E-state index in [4.69, 9.17) is 4.74 Å². The fourth-order valence-corrected chi connectivity index (χ4v) is 1.49. The van der Waals surface area contributed by atoms with Gasteiger partial charge in [0.1, 0.15) is 5.60 Å². The Bertz CT molecular complexity index is 178. The Morgan fingerprint density at radius 3 is 2.92 bits per heavy atom. The summed E-state index contributed by atoms with van der Waals surface area (Å²) in [7, 11) is 0. The van der Waals surface area contributed by atoms with Crippen LogP contribution >= 0.6 is 0 Å². The maximum atomic E-state index is 10.8. The highest BCUT2D eigenvalue weighted by atomic mass is 16.5. The van der Waals surface area contributed by atoms with Crippen molar-refractivity contribution in [2.45, 2.75) is 38.2 Å². The normalized spacial score (nSPS) is 28.8. The van der Waals surface area contributed by atoms with Crippen molar-refractivity contribution in [3.8, 4) is 0 Å². The summed E-state index contributed by atoms with van der Waals surface area (Å²) < 4.78 is 5.43. The van der Waals surface area contributed by atoms with Gasteiger partial charge in [0.2, 0.25) is 0 Å². The minimum Gasteiger partial charge on any atom is -0.368 e. The van der Waals surface area contributed by atoms with E-state index in [1.165, 1.54) is 0 Å². The zero-order valence-electron chi connectivity index (χ0n) is 7.64. The van der Waals surface area contributed by atoms with Gasteiger partial charge in [0.15, 0.2) is 6.29 Å². The third kappa shape index (κ3) is 2.18. The molecule has 2 nitrogen and oxygen atoms in total. The lowest BCUT2D eigenvalue weighted by Gasteiger charge is -2.20. The van der Waals surface area contributed by atoms with E-state index in [1.54, 1.807) is 0 Å². The molecule has 0 saturated carbocycles. The van der Waals surface area contributed by atoms with Gasteiger partial charge in [0.05, 0.1) is 0 Å². The summed E-state index contributed by atoms with van der Waals surface area (Å²) in [4.78, 5) is 10.8. The van der Waals surface area contributed by atoms with Crippen LogP contribution in [0.1, 0.15) is 32.6 Å². The molecule has 1 heterocycles. The molecule has 12 heavy (non-hydrogen) atoms. The number of hydrogen-bond acceptors (Lipinski definition) is 2. The maximum Gasteiger partial charge on any atom is 0.151 e. The first-order valence-electron chi connectivity index (χ1n) is 4.43. The van der Waals surface area contributed by atoms with Crippen molar-refractivity contribution in [2.24, 2.45) is 0 Å². The van der Waals surface area contributed by atoms with Crippen molar-refractivity contribution in [1.82, 2.24) is 0 Å². The van der Waals surface area contributed by atoms with Gasteiger partial charge in [0.25, 0.3) is 0 Å². The molecular weight excluding hydrogens is 152 g/mol. The van der Waals surface area contributed by atoms with Crippen molar-refractivity contribution in [3.05, 3.63) is 12.2 Å². The Kier molecular flexibility index (Phi) is 3.04. The Balaban J connectivity index is 2.44. The van der Waals surface area contributed by atoms with Crippen LogP contribution in [0.15, 0.2) is 12.2 Å². The van der Waals surface area contributed by atoms with Crippen LogP contribution in [0.2, 0.25) is 0 Å². The summed E-state index contributed by atoms with van der Waals surface area (Å²) in [5, 5.41) is 0. The van der Waals surface area contributed by atoms with E-state index in [1.807, 2.05) is 6.92 Å².